The number of benzene rings is 1. The lowest BCUT2D eigenvalue weighted by Crippen LogP contribution is -2.10. The number of aliphatic hydroxyl groups is 1. The maximum absolute atomic E-state index is 12.3. The van der Waals surface area contributed by atoms with E-state index in [4.69, 9.17) is 5.11 Å². The third kappa shape index (κ3) is 4.83. The van der Waals surface area contributed by atoms with Crippen molar-refractivity contribution in [1.29, 1.82) is 0 Å². The number of aliphatic hydroxyl groups excluding tert-OH is 1. The molecule has 0 aliphatic rings. The predicted molar refractivity (Wildman–Crippen MR) is 64.4 cm³/mol. The van der Waals surface area contributed by atoms with Crippen LogP contribution in [0.2, 0.25) is 0 Å². The molecule has 1 N–H and O–H groups in total. The number of alkyl halides is 3. The van der Waals surface area contributed by atoms with E-state index in [9.17, 15) is 21.6 Å². The monoisotopic (exact) mass is 296 g/mol. The van der Waals surface area contributed by atoms with Gasteiger partial charge in [0.05, 0.1) is 22.3 Å². The number of halogens is 3. The molecule has 1 rings (SSSR count). The minimum Gasteiger partial charge on any atom is -0.393 e. The zero-order valence-corrected chi connectivity index (χ0v) is 11.1. The van der Waals surface area contributed by atoms with E-state index >= 15 is 0 Å². The highest BCUT2D eigenvalue weighted by Crippen LogP contribution is 2.29. The van der Waals surface area contributed by atoms with Gasteiger partial charge in [0.2, 0.25) is 0 Å². The Hall–Kier alpha value is -1.08. The van der Waals surface area contributed by atoms with Gasteiger partial charge in [0.15, 0.2) is 9.84 Å². The van der Waals surface area contributed by atoms with E-state index in [1.54, 1.807) is 6.92 Å². The summed E-state index contributed by atoms with van der Waals surface area (Å²) in [5, 5.41) is 9.03. The number of sulfone groups is 1. The first kappa shape index (κ1) is 16.0. The van der Waals surface area contributed by atoms with Crippen molar-refractivity contribution in [2.45, 2.75) is 36.9 Å². The fourth-order valence-electron chi connectivity index (χ4n) is 1.54. The van der Waals surface area contributed by atoms with Crippen molar-refractivity contribution in [2.24, 2.45) is 0 Å². The predicted octanol–water partition coefficient (Wildman–Crippen LogP) is 2.64. The van der Waals surface area contributed by atoms with E-state index in [-0.39, 0.29) is 17.1 Å². The Morgan fingerprint density at radius 2 is 1.74 bits per heavy atom. The normalized spacial score (nSPS) is 14.4. The highest BCUT2D eigenvalue weighted by Gasteiger charge is 2.30. The summed E-state index contributed by atoms with van der Waals surface area (Å²) < 4.78 is 60.6. The zero-order valence-electron chi connectivity index (χ0n) is 10.3. The molecular weight excluding hydrogens is 281 g/mol. The molecule has 0 radical (unpaired) electrons. The van der Waals surface area contributed by atoms with Crippen LogP contribution < -0.4 is 0 Å². The van der Waals surface area contributed by atoms with Crippen LogP contribution in [-0.4, -0.2) is 25.4 Å². The summed E-state index contributed by atoms with van der Waals surface area (Å²) in [5.41, 5.74) is -0.879. The number of rotatable bonds is 5. The minimum absolute atomic E-state index is 0.133. The molecule has 19 heavy (non-hydrogen) atoms. The maximum Gasteiger partial charge on any atom is 0.416 e. The van der Waals surface area contributed by atoms with Crippen LogP contribution in [0, 0.1) is 0 Å². The molecule has 0 amide bonds. The molecule has 0 saturated carbocycles. The van der Waals surface area contributed by atoms with Gasteiger partial charge in [0.25, 0.3) is 0 Å². The van der Waals surface area contributed by atoms with E-state index in [0.717, 1.165) is 24.3 Å². The SMILES string of the molecule is CC(O)CCCS(=O)(=O)c1ccc(C(F)(F)F)cc1. The fourth-order valence-corrected chi connectivity index (χ4v) is 2.87. The molecule has 1 aromatic rings. The van der Waals surface area contributed by atoms with Gasteiger partial charge in [-0.25, -0.2) is 8.42 Å². The van der Waals surface area contributed by atoms with Crippen LogP contribution in [-0.2, 0) is 16.0 Å². The van der Waals surface area contributed by atoms with E-state index in [0.29, 0.717) is 6.42 Å². The first-order valence-electron chi connectivity index (χ1n) is 5.71. The lowest BCUT2D eigenvalue weighted by Gasteiger charge is -2.09. The van der Waals surface area contributed by atoms with E-state index < -0.39 is 27.7 Å². The Morgan fingerprint density at radius 3 is 2.16 bits per heavy atom. The molecule has 1 aromatic carbocycles. The van der Waals surface area contributed by atoms with Crippen LogP contribution in [0.1, 0.15) is 25.3 Å². The molecule has 1 atom stereocenters. The summed E-state index contributed by atoms with van der Waals surface area (Å²) in [6, 6.07) is 3.42. The van der Waals surface area contributed by atoms with Crippen molar-refractivity contribution in [3.8, 4) is 0 Å². The summed E-state index contributed by atoms with van der Waals surface area (Å²) in [7, 11) is -3.60. The molecule has 7 heteroatoms. The quantitative estimate of drug-likeness (QED) is 0.909. The van der Waals surface area contributed by atoms with E-state index in [1.807, 2.05) is 0 Å². The molecule has 0 fully saturated rings. The summed E-state index contributed by atoms with van der Waals surface area (Å²) in [4.78, 5) is -0.133. The second-order valence-corrected chi connectivity index (χ2v) is 6.44. The van der Waals surface area contributed by atoms with Crippen molar-refractivity contribution in [1.82, 2.24) is 0 Å². The van der Waals surface area contributed by atoms with Gasteiger partial charge in [-0.1, -0.05) is 0 Å². The van der Waals surface area contributed by atoms with Gasteiger partial charge >= 0.3 is 6.18 Å². The average Bonchev–Trinajstić information content (AvgIpc) is 2.27. The van der Waals surface area contributed by atoms with Crippen molar-refractivity contribution in [2.75, 3.05) is 5.75 Å². The Bertz CT molecular complexity index is 504. The number of hydrogen-bond acceptors (Lipinski definition) is 3. The second kappa shape index (κ2) is 5.92. The molecule has 1 unspecified atom stereocenters. The molecule has 0 bridgehead atoms. The third-order valence-electron chi connectivity index (χ3n) is 2.58. The second-order valence-electron chi connectivity index (χ2n) is 4.33. The van der Waals surface area contributed by atoms with Gasteiger partial charge in [-0.05, 0) is 44.0 Å². The molecule has 0 saturated heterocycles. The maximum atomic E-state index is 12.3. The average molecular weight is 296 g/mol. The molecule has 0 heterocycles. The molecule has 0 aromatic heterocycles. The smallest absolute Gasteiger partial charge is 0.393 e. The van der Waals surface area contributed by atoms with Crippen LogP contribution in [0.15, 0.2) is 29.2 Å². The Labute approximate surface area is 110 Å². The van der Waals surface area contributed by atoms with Gasteiger partial charge in [-0.15, -0.1) is 0 Å². The summed E-state index contributed by atoms with van der Waals surface area (Å²) in [5.74, 6) is -0.191. The summed E-state index contributed by atoms with van der Waals surface area (Å²) >= 11 is 0. The Balaban J connectivity index is 2.80. The van der Waals surface area contributed by atoms with Gasteiger partial charge in [0.1, 0.15) is 0 Å². The lowest BCUT2D eigenvalue weighted by atomic mass is 10.2. The zero-order chi connectivity index (χ0) is 14.7. The highest BCUT2D eigenvalue weighted by molar-refractivity contribution is 7.91. The van der Waals surface area contributed by atoms with Crippen LogP contribution in [0.25, 0.3) is 0 Å². The highest BCUT2D eigenvalue weighted by atomic mass is 32.2. The molecule has 0 spiro atoms. The van der Waals surface area contributed by atoms with Crippen molar-refractivity contribution < 1.29 is 26.7 Å². The molecular formula is C12H15F3O3S. The van der Waals surface area contributed by atoms with E-state index in [1.165, 1.54) is 0 Å². The number of hydrogen-bond donors (Lipinski definition) is 1. The van der Waals surface area contributed by atoms with Gasteiger partial charge < -0.3 is 5.11 Å². The van der Waals surface area contributed by atoms with Gasteiger partial charge in [-0.2, -0.15) is 13.2 Å². The minimum atomic E-state index is -4.48. The van der Waals surface area contributed by atoms with Crippen molar-refractivity contribution >= 4 is 9.84 Å². The lowest BCUT2D eigenvalue weighted by molar-refractivity contribution is -0.137. The van der Waals surface area contributed by atoms with Crippen LogP contribution in [0.4, 0.5) is 13.2 Å². The van der Waals surface area contributed by atoms with Gasteiger partial charge in [0, 0.05) is 0 Å². The summed E-state index contributed by atoms with van der Waals surface area (Å²) in [6.45, 7) is 1.55. The van der Waals surface area contributed by atoms with Crippen LogP contribution in [0.5, 0.6) is 0 Å². The Morgan fingerprint density at radius 1 is 1.21 bits per heavy atom. The third-order valence-corrected chi connectivity index (χ3v) is 4.39. The fraction of sp³-hybridized carbons (Fsp3) is 0.500. The molecule has 0 aliphatic carbocycles. The van der Waals surface area contributed by atoms with Crippen molar-refractivity contribution in [3.63, 3.8) is 0 Å². The van der Waals surface area contributed by atoms with Crippen molar-refractivity contribution in [3.05, 3.63) is 29.8 Å². The molecule has 3 nitrogen and oxygen atoms in total. The Kier molecular flexibility index (Phi) is 4.98. The van der Waals surface area contributed by atoms with Crippen LogP contribution in [0.3, 0.4) is 0 Å². The topological polar surface area (TPSA) is 54.4 Å². The van der Waals surface area contributed by atoms with E-state index in [2.05, 4.69) is 0 Å². The van der Waals surface area contributed by atoms with Crippen LogP contribution >= 0.6 is 0 Å². The largest absolute Gasteiger partial charge is 0.416 e. The van der Waals surface area contributed by atoms with Gasteiger partial charge in [-0.3, -0.25) is 0 Å². The molecule has 0 aliphatic heterocycles. The first-order valence-corrected chi connectivity index (χ1v) is 7.36. The molecule has 108 valence electrons. The first-order chi connectivity index (χ1) is 8.63. The summed E-state index contributed by atoms with van der Waals surface area (Å²) in [6.07, 6.45) is -4.47. The standard InChI is InChI=1S/C12H15F3O3S/c1-9(16)3-2-8-19(17,18)11-6-4-10(5-7-11)12(13,14)15/h4-7,9,16H,2-3,8H2,1H3.